The Morgan fingerprint density at radius 1 is 1.44 bits per heavy atom. The van der Waals surface area contributed by atoms with E-state index in [2.05, 4.69) is 51.5 Å². The van der Waals surface area contributed by atoms with E-state index in [9.17, 15) is 0 Å². The van der Waals surface area contributed by atoms with Crippen molar-refractivity contribution in [3.8, 4) is 11.5 Å². The van der Waals surface area contributed by atoms with Crippen LogP contribution in [0.25, 0.3) is 0 Å². The van der Waals surface area contributed by atoms with E-state index in [0.717, 1.165) is 6.61 Å². The van der Waals surface area contributed by atoms with Gasteiger partial charge in [0.2, 0.25) is 0 Å². The van der Waals surface area contributed by atoms with Gasteiger partial charge in [-0.3, -0.25) is 0 Å². The summed E-state index contributed by atoms with van der Waals surface area (Å²) in [7, 11) is -1.23. The van der Waals surface area contributed by atoms with Gasteiger partial charge in [0.1, 0.15) is 14.7 Å². The maximum Gasteiger partial charge on any atom is 0.129 e. The van der Waals surface area contributed by atoms with E-state index in [1.54, 1.807) is 0 Å². The lowest BCUT2D eigenvalue weighted by Crippen LogP contribution is -2.17. The van der Waals surface area contributed by atoms with Gasteiger partial charge in [-0.2, -0.15) is 0 Å². The average Bonchev–Trinajstić information content (AvgIpc) is 2.66. The lowest BCUT2D eigenvalue weighted by Gasteiger charge is -2.09. The van der Waals surface area contributed by atoms with Crippen LogP contribution < -0.4 is 0 Å². The topological polar surface area (TPSA) is 9.23 Å². The lowest BCUT2D eigenvalue weighted by molar-refractivity contribution is 0.120. The van der Waals surface area contributed by atoms with Crippen LogP contribution in [0.3, 0.4) is 0 Å². The van der Waals surface area contributed by atoms with Crippen molar-refractivity contribution in [3.63, 3.8) is 0 Å². The minimum absolute atomic E-state index is 0.232. The van der Waals surface area contributed by atoms with Gasteiger partial charge in [0, 0.05) is 5.41 Å². The first-order valence-electron chi connectivity index (χ1n) is 6.08. The molecule has 0 N–H and O–H groups in total. The summed E-state index contributed by atoms with van der Waals surface area (Å²) in [5, 5.41) is 0. The third-order valence-electron chi connectivity index (χ3n) is 3.29. The molecule has 0 saturated heterocycles. The molecule has 1 aliphatic carbocycles. The van der Waals surface area contributed by atoms with Crippen molar-refractivity contribution in [3.05, 3.63) is 12.2 Å². The predicted octanol–water partition coefficient (Wildman–Crippen LogP) is 3.49. The standard InChI is InChI=1S/C14H24OSi/c1-7-13-12(2)14(13,3)11-15-9-8-10-16(4,5)6/h13H,2,7,9,11H2,1,3-6H3/t13-,14-/m1/s1. The lowest BCUT2D eigenvalue weighted by atomic mass is 10.1. The van der Waals surface area contributed by atoms with Crippen LogP contribution in [-0.2, 0) is 4.74 Å². The molecular formula is C14H24OSi. The molecule has 0 spiro atoms. The molecular weight excluding hydrogens is 212 g/mol. The molecule has 90 valence electrons. The number of hydrogen-bond donors (Lipinski definition) is 0. The van der Waals surface area contributed by atoms with Gasteiger partial charge in [-0.05, 0) is 12.3 Å². The highest BCUT2D eigenvalue weighted by molar-refractivity contribution is 6.83. The first kappa shape index (κ1) is 13.5. The molecule has 0 aliphatic heterocycles. The van der Waals surface area contributed by atoms with Crippen molar-refractivity contribution in [1.29, 1.82) is 0 Å². The first-order chi connectivity index (χ1) is 7.31. The molecule has 2 atom stereocenters. The summed E-state index contributed by atoms with van der Waals surface area (Å²) in [6, 6.07) is 0. The molecule has 16 heavy (non-hydrogen) atoms. The fourth-order valence-electron chi connectivity index (χ4n) is 2.16. The fourth-order valence-corrected chi connectivity index (χ4v) is 2.76. The zero-order chi connectivity index (χ0) is 12.4. The second-order valence-electron chi connectivity index (χ2n) is 5.95. The molecule has 2 heteroatoms. The maximum absolute atomic E-state index is 5.65. The Kier molecular flexibility index (Phi) is 4.04. The summed E-state index contributed by atoms with van der Waals surface area (Å²) in [4.78, 5) is 0. The Bertz CT molecular complexity index is 329. The molecule has 1 nitrogen and oxygen atoms in total. The Balaban J connectivity index is 2.27. The molecule has 1 fully saturated rings. The molecule has 0 aromatic carbocycles. The molecule has 0 aromatic rings. The van der Waals surface area contributed by atoms with E-state index in [0.29, 0.717) is 12.5 Å². The SMILES string of the molecule is C=C1[C@@H](CC)[C@]1(C)COCC#C[Si](C)(C)C. The summed E-state index contributed by atoms with van der Waals surface area (Å²) < 4.78 is 5.65. The second-order valence-corrected chi connectivity index (χ2v) is 10.7. The quantitative estimate of drug-likeness (QED) is 0.314. The third kappa shape index (κ3) is 3.23. The number of rotatable bonds is 4. The molecule has 0 radical (unpaired) electrons. The van der Waals surface area contributed by atoms with Gasteiger partial charge in [-0.25, -0.2) is 0 Å². The van der Waals surface area contributed by atoms with Gasteiger partial charge in [0.15, 0.2) is 0 Å². The molecule has 0 heterocycles. The monoisotopic (exact) mass is 236 g/mol. The van der Waals surface area contributed by atoms with Gasteiger partial charge >= 0.3 is 0 Å². The zero-order valence-corrected chi connectivity index (χ0v) is 12.3. The largest absolute Gasteiger partial charge is 0.368 e. The minimum Gasteiger partial charge on any atom is -0.368 e. The molecule has 1 aliphatic rings. The average molecular weight is 236 g/mol. The van der Waals surface area contributed by atoms with Crippen LogP contribution in [0.4, 0.5) is 0 Å². The molecule has 0 amide bonds. The highest BCUT2D eigenvalue weighted by Gasteiger charge is 2.53. The van der Waals surface area contributed by atoms with Crippen molar-refractivity contribution in [2.75, 3.05) is 13.2 Å². The maximum atomic E-state index is 5.65. The van der Waals surface area contributed by atoms with Crippen LogP contribution in [-0.4, -0.2) is 21.3 Å². The second kappa shape index (κ2) is 4.77. The van der Waals surface area contributed by atoms with Crippen LogP contribution in [0.15, 0.2) is 12.2 Å². The highest BCUT2D eigenvalue weighted by atomic mass is 28.3. The van der Waals surface area contributed by atoms with Crippen LogP contribution in [0, 0.1) is 22.8 Å². The van der Waals surface area contributed by atoms with Crippen molar-refractivity contribution in [2.45, 2.75) is 39.9 Å². The summed E-state index contributed by atoms with van der Waals surface area (Å²) in [6.07, 6.45) is 1.18. The van der Waals surface area contributed by atoms with Gasteiger partial charge < -0.3 is 4.74 Å². The minimum atomic E-state index is -1.23. The molecule has 0 aromatic heterocycles. The summed E-state index contributed by atoms with van der Waals surface area (Å²) in [5.41, 5.74) is 4.89. The van der Waals surface area contributed by atoms with E-state index in [4.69, 9.17) is 4.74 Å². The van der Waals surface area contributed by atoms with E-state index < -0.39 is 8.07 Å². The smallest absolute Gasteiger partial charge is 0.129 e. The van der Waals surface area contributed by atoms with Crippen molar-refractivity contribution in [2.24, 2.45) is 11.3 Å². The molecule has 0 unspecified atom stereocenters. The Labute approximate surface area is 101 Å². The van der Waals surface area contributed by atoms with E-state index in [-0.39, 0.29) is 5.41 Å². The van der Waals surface area contributed by atoms with Crippen molar-refractivity contribution < 1.29 is 4.74 Å². The Hall–Kier alpha value is -0.523. The molecule has 0 bridgehead atoms. The van der Waals surface area contributed by atoms with E-state index in [1.165, 1.54) is 12.0 Å². The summed E-state index contributed by atoms with van der Waals surface area (Å²) in [6.45, 7) is 16.7. The van der Waals surface area contributed by atoms with Crippen molar-refractivity contribution in [1.82, 2.24) is 0 Å². The summed E-state index contributed by atoms with van der Waals surface area (Å²) >= 11 is 0. The van der Waals surface area contributed by atoms with Crippen LogP contribution in [0.5, 0.6) is 0 Å². The van der Waals surface area contributed by atoms with Crippen LogP contribution in [0.2, 0.25) is 19.6 Å². The van der Waals surface area contributed by atoms with Gasteiger partial charge in [-0.1, -0.05) is 51.6 Å². The van der Waals surface area contributed by atoms with Crippen molar-refractivity contribution >= 4 is 8.07 Å². The predicted molar refractivity (Wildman–Crippen MR) is 73.0 cm³/mol. The van der Waals surface area contributed by atoms with Crippen LogP contribution in [0.1, 0.15) is 20.3 Å². The Morgan fingerprint density at radius 2 is 2.06 bits per heavy atom. The van der Waals surface area contributed by atoms with Gasteiger partial charge in [0.25, 0.3) is 0 Å². The van der Waals surface area contributed by atoms with Crippen LogP contribution >= 0.6 is 0 Å². The first-order valence-corrected chi connectivity index (χ1v) is 9.58. The summed E-state index contributed by atoms with van der Waals surface area (Å²) in [5.74, 6) is 3.80. The van der Waals surface area contributed by atoms with E-state index >= 15 is 0 Å². The zero-order valence-electron chi connectivity index (χ0n) is 11.3. The molecule has 1 saturated carbocycles. The normalized spacial score (nSPS) is 28.6. The number of hydrogen-bond acceptors (Lipinski definition) is 1. The number of ether oxygens (including phenoxy) is 1. The molecule has 1 rings (SSSR count). The highest BCUT2D eigenvalue weighted by Crippen LogP contribution is 2.58. The fraction of sp³-hybridized carbons (Fsp3) is 0.714. The van der Waals surface area contributed by atoms with E-state index in [1.807, 2.05) is 0 Å². The van der Waals surface area contributed by atoms with Gasteiger partial charge in [0.05, 0.1) is 6.61 Å². The third-order valence-corrected chi connectivity index (χ3v) is 4.21. The Morgan fingerprint density at radius 3 is 2.50 bits per heavy atom. The van der Waals surface area contributed by atoms with Gasteiger partial charge in [-0.15, -0.1) is 5.54 Å².